The number of nitrogens with zero attached hydrogens (tertiary/aromatic N) is 2. The SMILES string of the molecule is CCCn1nc(SCC)c(C(=O)OCC)c1N. The van der Waals surface area contributed by atoms with Gasteiger partial charge in [0.15, 0.2) is 0 Å². The molecule has 0 saturated heterocycles. The van der Waals surface area contributed by atoms with Crippen LogP contribution >= 0.6 is 11.8 Å². The van der Waals surface area contributed by atoms with Gasteiger partial charge in [0.25, 0.3) is 0 Å². The maximum absolute atomic E-state index is 11.8. The summed E-state index contributed by atoms with van der Waals surface area (Å²) >= 11 is 1.50. The number of esters is 1. The molecular weight excluding hydrogens is 238 g/mol. The number of thioether (sulfide) groups is 1. The minimum absolute atomic E-state index is 0.341. The largest absolute Gasteiger partial charge is 0.462 e. The molecular formula is C11H19N3O2S. The smallest absolute Gasteiger partial charge is 0.344 e. The molecule has 17 heavy (non-hydrogen) atoms. The third-order valence-corrected chi connectivity index (χ3v) is 3.00. The summed E-state index contributed by atoms with van der Waals surface area (Å²) in [7, 11) is 0. The minimum atomic E-state index is -0.386. The van der Waals surface area contributed by atoms with E-state index in [1.54, 1.807) is 11.6 Å². The summed E-state index contributed by atoms with van der Waals surface area (Å²) in [5.41, 5.74) is 6.35. The van der Waals surface area contributed by atoms with Crippen LogP contribution in [0.4, 0.5) is 5.82 Å². The zero-order chi connectivity index (χ0) is 12.8. The zero-order valence-corrected chi connectivity index (χ0v) is 11.3. The first-order chi connectivity index (χ1) is 8.15. The van der Waals surface area contributed by atoms with Gasteiger partial charge < -0.3 is 10.5 Å². The quantitative estimate of drug-likeness (QED) is 0.624. The summed E-state index contributed by atoms with van der Waals surface area (Å²) in [6.07, 6.45) is 0.921. The first-order valence-corrected chi connectivity index (χ1v) is 6.80. The molecule has 6 heteroatoms. The molecule has 0 unspecified atom stereocenters. The van der Waals surface area contributed by atoms with Gasteiger partial charge in [0.1, 0.15) is 16.4 Å². The Hall–Kier alpha value is -1.17. The number of nitrogen functional groups attached to an aromatic ring is 1. The third kappa shape index (κ3) is 3.15. The normalized spacial score (nSPS) is 10.5. The van der Waals surface area contributed by atoms with Crippen molar-refractivity contribution in [2.45, 2.75) is 38.8 Å². The number of hydrogen-bond donors (Lipinski definition) is 1. The Kier molecular flexibility index (Phi) is 5.34. The van der Waals surface area contributed by atoms with Crippen molar-refractivity contribution in [1.29, 1.82) is 0 Å². The van der Waals surface area contributed by atoms with Crippen molar-refractivity contribution in [2.75, 3.05) is 18.1 Å². The molecule has 0 spiro atoms. The van der Waals surface area contributed by atoms with Crippen molar-refractivity contribution in [3.8, 4) is 0 Å². The van der Waals surface area contributed by atoms with Crippen molar-refractivity contribution in [1.82, 2.24) is 9.78 Å². The van der Waals surface area contributed by atoms with Crippen LogP contribution in [0.3, 0.4) is 0 Å². The van der Waals surface area contributed by atoms with E-state index in [1.165, 1.54) is 11.8 Å². The molecule has 96 valence electrons. The number of carbonyl (C=O) groups excluding carboxylic acids is 1. The fourth-order valence-corrected chi connectivity index (χ4v) is 2.23. The summed E-state index contributed by atoms with van der Waals surface area (Å²) in [6.45, 7) is 6.87. The van der Waals surface area contributed by atoms with Gasteiger partial charge in [-0.2, -0.15) is 5.10 Å². The van der Waals surface area contributed by atoms with E-state index in [9.17, 15) is 4.79 Å². The standard InChI is InChI=1S/C11H19N3O2S/c1-4-7-14-9(12)8(11(15)16-5-2)10(13-14)17-6-3/h4-7,12H2,1-3H3. The van der Waals surface area contributed by atoms with E-state index in [-0.39, 0.29) is 5.97 Å². The van der Waals surface area contributed by atoms with Crippen LogP contribution in [0, 0.1) is 0 Å². The van der Waals surface area contributed by atoms with Crippen LogP contribution in [-0.4, -0.2) is 28.1 Å². The highest BCUT2D eigenvalue weighted by Crippen LogP contribution is 2.27. The molecule has 0 radical (unpaired) electrons. The predicted octanol–water partition coefficient (Wildman–Crippen LogP) is 2.16. The van der Waals surface area contributed by atoms with Crippen LogP contribution in [0.15, 0.2) is 5.03 Å². The van der Waals surface area contributed by atoms with Gasteiger partial charge in [0, 0.05) is 6.54 Å². The van der Waals surface area contributed by atoms with E-state index < -0.39 is 0 Å². The molecule has 1 aromatic rings. The summed E-state index contributed by atoms with van der Waals surface area (Å²) in [5, 5.41) is 5.01. The van der Waals surface area contributed by atoms with Crippen LogP contribution in [0.5, 0.6) is 0 Å². The Morgan fingerprint density at radius 2 is 2.18 bits per heavy atom. The second-order valence-electron chi connectivity index (χ2n) is 3.44. The van der Waals surface area contributed by atoms with Gasteiger partial charge >= 0.3 is 5.97 Å². The number of aryl methyl sites for hydroxylation is 1. The lowest BCUT2D eigenvalue weighted by Gasteiger charge is -2.03. The number of aromatic nitrogens is 2. The summed E-state index contributed by atoms with van der Waals surface area (Å²) in [6, 6.07) is 0. The van der Waals surface area contributed by atoms with Gasteiger partial charge in [-0.1, -0.05) is 13.8 Å². The monoisotopic (exact) mass is 257 g/mol. The highest BCUT2D eigenvalue weighted by atomic mass is 32.2. The second-order valence-corrected chi connectivity index (χ2v) is 4.69. The fourth-order valence-electron chi connectivity index (χ4n) is 1.47. The molecule has 1 aromatic heterocycles. The lowest BCUT2D eigenvalue weighted by molar-refractivity contribution is 0.0523. The average Bonchev–Trinajstić information content (AvgIpc) is 2.57. The lowest BCUT2D eigenvalue weighted by Crippen LogP contribution is -2.10. The highest BCUT2D eigenvalue weighted by molar-refractivity contribution is 7.99. The molecule has 0 aliphatic heterocycles. The van der Waals surface area contributed by atoms with E-state index in [0.717, 1.165) is 12.2 Å². The number of nitrogens with two attached hydrogens (primary N) is 1. The predicted molar refractivity (Wildman–Crippen MR) is 69.3 cm³/mol. The highest BCUT2D eigenvalue weighted by Gasteiger charge is 2.22. The van der Waals surface area contributed by atoms with E-state index in [2.05, 4.69) is 5.10 Å². The topological polar surface area (TPSA) is 70.1 Å². The van der Waals surface area contributed by atoms with Crippen molar-refractivity contribution in [3.63, 3.8) is 0 Å². The Bertz CT molecular complexity index is 390. The zero-order valence-electron chi connectivity index (χ0n) is 10.5. The molecule has 2 N–H and O–H groups in total. The third-order valence-electron chi connectivity index (χ3n) is 2.16. The van der Waals surface area contributed by atoms with Gasteiger partial charge in [-0.25, -0.2) is 9.48 Å². The van der Waals surface area contributed by atoms with E-state index in [4.69, 9.17) is 10.5 Å². The first kappa shape index (κ1) is 13.9. The van der Waals surface area contributed by atoms with Crippen LogP contribution in [0.25, 0.3) is 0 Å². The molecule has 0 aliphatic carbocycles. The number of ether oxygens (including phenoxy) is 1. The number of anilines is 1. The Morgan fingerprint density at radius 1 is 1.47 bits per heavy atom. The summed E-state index contributed by atoms with van der Waals surface area (Å²) < 4.78 is 6.67. The number of carbonyl (C=O) groups is 1. The van der Waals surface area contributed by atoms with Gasteiger partial charge in [-0.15, -0.1) is 11.8 Å². The van der Waals surface area contributed by atoms with Crippen molar-refractivity contribution >= 4 is 23.5 Å². The van der Waals surface area contributed by atoms with Crippen molar-refractivity contribution in [3.05, 3.63) is 5.56 Å². The maximum atomic E-state index is 11.8. The van der Waals surface area contributed by atoms with Gasteiger partial charge in [0.05, 0.1) is 6.61 Å². The van der Waals surface area contributed by atoms with Gasteiger partial charge in [-0.05, 0) is 19.1 Å². The molecule has 5 nitrogen and oxygen atoms in total. The molecule has 1 heterocycles. The van der Waals surface area contributed by atoms with Crippen LogP contribution in [0.2, 0.25) is 0 Å². The van der Waals surface area contributed by atoms with Crippen molar-refractivity contribution < 1.29 is 9.53 Å². The van der Waals surface area contributed by atoms with E-state index in [0.29, 0.717) is 29.6 Å². The molecule has 0 atom stereocenters. The van der Waals surface area contributed by atoms with Gasteiger partial charge in [0.2, 0.25) is 0 Å². The Morgan fingerprint density at radius 3 is 2.71 bits per heavy atom. The molecule has 0 fully saturated rings. The molecule has 0 bridgehead atoms. The lowest BCUT2D eigenvalue weighted by atomic mass is 10.3. The minimum Gasteiger partial charge on any atom is -0.462 e. The summed E-state index contributed by atoms with van der Waals surface area (Å²) in [4.78, 5) is 11.8. The fraction of sp³-hybridized carbons (Fsp3) is 0.636. The van der Waals surface area contributed by atoms with Crippen molar-refractivity contribution in [2.24, 2.45) is 0 Å². The molecule has 0 aromatic carbocycles. The maximum Gasteiger partial charge on any atom is 0.344 e. The molecule has 0 amide bonds. The van der Waals surface area contributed by atoms with E-state index >= 15 is 0 Å². The number of hydrogen-bond acceptors (Lipinski definition) is 5. The second kappa shape index (κ2) is 6.54. The van der Waals surface area contributed by atoms with E-state index in [1.807, 2.05) is 13.8 Å². The Balaban J connectivity index is 3.09. The average molecular weight is 257 g/mol. The first-order valence-electron chi connectivity index (χ1n) is 5.81. The Labute approximate surface area is 106 Å². The molecule has 0 aliphatic rings. The van der Waals surface area contributed by atoms with Crippen LogP contribution in [0.1, 0.15) is 37.6 Å². The molecule has 0 saturated carbocycles. The van der Waals surface area contributed by atoms with Crippen LogP contribution < -0.4 is 5.73 Å². The summed E-state index contributed by atoms with van der Waals surface area (Å²) in [5.74, 6) is 0.860. The van der Waals surface area contributed by atoms with Gasteiger partial charge in [-0.3, -0.25) is 0 Å². The number of rotatable bonds is 6. The molecule has 1 rings (SSSR count). The van der Waals surface area contributed by atoms with Crippen LogP contribution in [-0.2, 0) is 11.3 Å².